The van der Waals surface area contributed by atoms with E-state index in [9.17, 15) is 14.4 Å². The summed E-state index contributed by atoms with van der Waals surface area (Å²) >= 11 is 0. The van der Waals surface area contributed by atoms with Crippen LogP contribution in [0.4, 0.5) is 4.79 Å². The number of ether oxygens (including phenoxy) is 1. The number of piperidine rings is 1. The van der Waals surface area contributed by atoms with Crippen LogP contribution in [0.15, 0.2) is 35.1 Å². The normalized spacial score (nSPS) is 15.3. The number of aromatic amines is 1. The van der Waals surface area contributed by atoms with Gasteiger partial charge in [-0.2, -0.15) is 0 Å². The van der Waals surface area contributed by atoms with Gasteiger partial charge in [0.15, 0.2) is 0 Å². The first-order chi connectivity index (χ1) is 11.6. The lowest BCUT2D eigenvalue weighted by atomic mass is 10.0. The molecule has 0 unspecified atom stereocenters. The number of H-pyrrole nitrogens is 1. The molecule has 24 heavy (non-hydrogen) atoms. The number of carbonyl (C=O) groups is 2. The third kappa shape index (κ3) is 3.24. The summed E-state index contributed by atoms with van der Waals surface area (Å²) in [5, 5.41) is 4.20. The molecule has 0 saturated carbocycles. The van der Waals surface area contributed by atoms with E-state index < -0.39 is 0 Å². The van der Waals surface area contributed by atoms with Gasteiger partial charge in [0.25, 0.3) is 11.5 Å². The fourth-order valence-electron chi connectivity index (χ4n) is 2.93. The molecule has 1 aliphatic rings. The third-order valence-electron chi connectivity index (χ3n) is 4.26. The monoisotopic (exact) mass is 329 g/mol. The molecule has 7 nitrogen and oxygen atoms in total. The van der Waals surface area contributed by atoms with Crippen molar-refractivity contribution in [3.8, 4) is 0 Å². The smallest absolute Gasteiger partial charge is 0.409 e. The van der Waals surface area contributed by atoms with Gasteiger partial charge in [-0.05, 0) is 30.4 Å². The van der Waals surface area contributed by atoms with Crippen molar-refractivity contribution >= 4 is 22.8 Å². The van der Waals surface area contributed by atoms with Gasteiger partial charge in [0.2, 0.25) is 0 Å². The standard InChI is InChI=1S/C17H19N3O4/c1-24-17(23)20-8-6-12(7-9-20)18-16(22)14-10-11-4-2-3-5-13(11)15(21)19-14/h2-5,10,12H,6-9H2,1H3,(H,18,22)(H,19,21). The van der Waals surface area contributed by atoms with Gasteiger partial charge < -0.3 is 19.9 Å². The number of nitrogens with one attached hydrogen (secondary N) is 2. The van der Waals surface area contributed by atoms with E-state index in [4.69, 9.17) is 0 Å². The van der Waals surface area contributed by atoms with Crippen LogP contribution in [-0.2, 0) is 4.74 Å². The summed E-state index contributed by atoms with van der Waals surface area (Å²) in [5.41, 5.74) is -0.0344. The number of carbonyl (C=O) groups excluding carboxylic acids is 2. The zero-order valence-corrected chi connectivity index (χ0v) is 13.4. The SMILES string of the molecule is COC(=O)N1CCC(NC(=O)c2cc3ccccc3c(=O)[nH]2)CC1. The first kappa shape index (κ1) is 16.0. The van der Waals surface area contributed by atoms with Gasteiger partial charge in [0.1, 0.15) is 5.69 Å². The Labute approximate surface area is 138 Å². The van der Waals surface area contributed by atoms with Gasteiger partial charge in [-0.3, -0.25) is 9.59 Å². The number of amides is 2. The first-order valence-electron chi connectivity index (χ1n) is 7.84. The van der Waals surface area contributed by atoms with E-state index in [-0.39, 0.29) is 29.3 Å². The van der Waals surface area contributed by atoms with Crippen molar-refractivity contribution in [3.63, 3.8) is 0 Å². The van der Waals surface area contributed by atoms with Crippen LogP contribution in [0.2, 0.25) is 0 Å². The van der Waals surface area contributed by atoms with Crippen molar-refractivity contribution < 1.29 is 14.3 Å². The number of hydrogen-bond donors (Lipinski definition) is 2. The summed E-state index contributed by atoms with van der Waals surface area (Å²) in [6.07, 6.45) is 0.954. The Morgan fingerprint density at radius 2 is 1.96 bits per heavy atom. The Bertz CT molecular complexity index is 822. The van der Waals surface area contributed by atoms with Gasteiger partial charge in [-0.25, -0.2) is 4.79 Å². The van der Waals surface area contributed by atoms with Crippen LogP contribution < -0.4 is 10.9 Å². The van der Waals surface area contributed by atoms with E-state index in [1.807, 2.05) is 6.07 Å². The zero-order valence-electron chi connectivity index (χ0n) is 13.4. The highest BCUT2D eigenvalue weighted by molar-refractivity contribution is 5.96. The highest BCUT2D eigenvalue weighted by Crippen LogP contribution is 2.13. The summed E-state index contributed by atoms with van der Waals surface area (Å²) in [5.74, 6) is -0.311. The van der Waals surface area contributed by atoms with Crippen LogP contribution in [0, 0.1) is 0 Å². The van der Waals surface area contributed by atoms with Crippen molar-refractivity contribution in [1.29, 1.82) is 0 Å². The number of fused-ring (bicyclic) bond motifs is 1. The van der Waals surface area contributed by atoms with Gasteiger partial charge >= 0.3 is 6.09 Å². The quantitative estimate of drug-likeness (QED) is 0.873. The largest absolute Gasteiger partial charge is 0.453 e. The Kier molecular flexibility index (Phi) is 4.50. The van der Waals surface area contributed by atoms with Crippen molar-refractivity contribution in [2.24, 2.45) is 0 Å². The van der Waals surface area contributed by atoms with Crippen LogP contribution in [0.3, 0.4) is 0 Å². The lowest BCUT2D eigenvalue weighted by molar-refractivity contribution is 0.0887. The molecule has 126 valence electrons. The summed E-state index contributed by atoms with van der Waals surface area (Å²) in [7, 11) is 1.35. The minimum Gasteiger partial charge on any atom is -0.453 e. The Balaban J connectivity index is 1.68. The van der Waals surface area contributed by atoms with E-state index >= 15 is 0 Å². The van der Waals surface area contributed by atoms with E-state index in [2.05, 4.69) is 15.0 Å². The van der Waals surface area contributed by atoms with Crippen LogP contribution in [0.1, 0.15) is 23.3 Å². The van der Waals surface area contributed by atoms with Crippen LogP contribution in [0.5, 0.6) is 0 Å². The predicted octanol–water partition coefficient (Wildman–Crippen LogP) is 1.49. The molecular formula is C17H19N3O4. The molecule has 1 aromatic carbocycles. The molecular weight excluding hydrogens is 310 g/mol. The minimum atomic E-state index is -0.348. The summed E-state index contributed by atoms with van der Waals surface area (Å²) in [6.45, 7) is 1.07. The fourth-order valence-corrected chi connectivity index (χ4v) is 2.93. The van der Waals surface area contributed by atoms with Crippen molar-refractivity contribution in [3.05, 3.63) is 46.4 Å². The van der Waals surface area contributed by atoms with Crippen molar-refractivity contribution in [1.82, 2.24) is 15.2 Å². The van der Waals surface area contributed by atoms with Crippen molar-refractivity contribution in [2.75, 3.05) is 20.2 Å². The van der Waals surface area contributed by atoms with E-state index in [1.165, 1.54) is 7.11 Å². The molecule has 1 fully saturated rings. The highest BCUT2D eigenvalue weighted by Gasteiger charge is 2.24. The molecule has 1 aliphatic heterocycles. The van der Waals surface area contributed by atoms with Crippen LogP contribution in [-0.4, -0.2) is 48.1 Å². The van der Waals surface area contributed by atoms with Gasteiger partial charge in [0.05, 0.1) is 7.11 Å². The van der Waals surface area contributed by atoms with Crippen LogP contribution in [0.25, 0.3) is 10.8 Å². The van der Waals surface area contributed by atoms with Gasteiger partial charge in [-0.1, -0.05) is 18.2 Å². The summed E-state index contributed by atoms with van der Waals surface area (Å²) < 4.78 is 4.69. The topological polar surface area (TPSA) is 91.5 Å². The second-order valence-corrected chi connectivity index (χ2v) is 5.80. The van der Waals surface area contributed by atoms with Gasteiger partial charge in [-0.15, -0.1) is 0 Å². The molecule has 0 bridgehead atoms. The first-order valence-corrected chi connectivity index (χ1v) is 7.84. The second kappa shape index (κ2) is 6.74. The van der Waals surface area contributed by atoms with E-state index in [0.29, 0.717) is 31.3 Å². The van der Waals surface area contributed by atoms with E-state index in [1.54, 1.807) is 29.2 Å². The number of pyridine rings is 1. The molecule has 7 heteroatoms. The predicted molar refractivity (Wildman–Crippen MR) is 89.0 cm³/mol. The maximum Gasteiger partial charge on any atom is 0.409 e. The lowest BCUT2D eigenvalue weighted by Crippen LogP contribution is -2.46. The third-order valence-corrected chi connectivity index (χ3v) is 4.26. The number of methoxy groups -OCH3 is 1. The molecule has 1 aromatic heterocycles. The molecule has 3 rings (SSSR count). The summed E-state index contributed by atoms with van der Waals surface area (Å²) in [4.78, 5) is 40.1. The fraction of sp³-hybridized carbons (Fsp3) is 0.353. The van der Waals surface area contributed by atoms with Crippen LogP contribution >= 0.6 is 0 Å². The number of hydrogen-bond acceptors (Lipinski definition) is 4. The zero-order chi connectivity index (χ0) is 17.1. The summed E-state index contributed by atoms with van der Waals surface area (Å²) in [6, 6.07) is 8.77. The molecule has 1 saturated heterocycles. The number of aromatic nitrogens is 1. The maximum atomic E-state index is 12.4. The average Bonchev–Trinajstić information content (AvgIpc) is 2.61. The minimum absolute atomic E-state index is 0.0339. The Morgan fingerprint density at radius 3 is 2.67 bits per heavy atom. The molecule has 2 aromatic rings. The van der Waals surface area contributed by atoms with E-state index in [0.717, 1.165) is 5.39 Å². The lowest BCUT2D eigenvalue weighted by Gasteiger charge is -2.31. The highest BCUT2D eigenvalue weighted by atomic mass is 16.5. The number of rotatable bonds is 2. The molecule has 2 N–H and O–H groups in total. The number of likely N-dealkylation sites (tertiary alicyclic amines) is 1. The average molecular weight is 329 g/mol. The Hall–Kier alpha value is -2.83. The maximum absolute atomic E-state index is 12.4. The van der Waals surface area contributed by atoms with Gasteiger partial charge in [0, 0.05) is 24.5 Å². The molecule has 2 amide bonds. The molecule has 0 atom stereocenters. The number of nitrogens with zero attached hydrogens (tertiary/aromatic N) is 1. The molecule has 2 heterocycles. The second-order valence-electron chi connectivity index (χ2n) is 5.80. The molecule has 0 spiro atoms. The Morgan fingerprint density at radius 1 is 1.25 bits per heavy atom. The molecule has 0 radical (unpaired) electrons. The molecule has 0 aliphatic carbocycles. The van der Waals surface area contributed by atoms with Crippen molar-refractivity contribution in [2.45, 2.75) is 18.9 Å². The number of benzene rings is 1.